The highest BCUT2D eigenvalue weighted by atomic mass is 35.5. The average molecular weight is 1210 g/mol. The Morgan fingerprint density at radius 3 is 2.20 bits per heavy atom. The summed E-state index contributed by atoms with van der Waals surface area (Å²) in [5.74, 6) is -2.01. The Morgan fingerprint density at radius 2 is 1.51 bits per heavy atom. The molecule has 4 aliphatic rings. The van der Waals surface area contributed by atoms with Crippen LogP contribution in [0.5, 0.6) is 0 Å². The number of halogens is 5. The molecule has 1 aliphatic carbocycles. The zero-order chi connectivity index (χ0) is 58.4. The van der Waals surface area contributed by atoms with Crippen LogP contribution < -0.4 is 25.6 Å². The van der Waals surface area contributed by atoms with E-state index < -0.39 is 70.6 Å². The number of thioether (sulfide) groups is 1. The van der Waals surface area contributed by atoms with E-state index in [1.165, 1.54) is 52.9 Å². The summed E-state index contributed by atoms with van der Waals surface area (Å²) in [6.07, 6.45) is 5.07. The van der Waals surface area contributed by atoms with Crippen LogP contribution >= 0.6 is 23.4 Å². The molecule has 3 saturated heterocycles. The van der Waals surface area contributed by atoms with Crippen LogP contribution in [0.4, 0.5) is 34.8 Å². The summed E-state index contributed by atoms with van der Waals surface area (Å²) < 4.78 is 115. The zero-order valence-electron chi connectivity index (χ0n) is 45.5. The second-order valence-corrected chi connectivity index (χ2v) is 27.0. The highest BCUT2D eigenvalue weighted by Gasteiger charge is 2.48. The number of rotatable bonds is 20. The Labute approximate surface area is 485 Å². The van der Waals surface area contributed by atoms with Crippen molar-refractivity contribution in [3.63, 3.8) is 0 Å². The Kier molecular flexibility index (Phi) is 19.1. The fraction of sp³-hybridized carbons (Fsp3) is 0.414. The molecule has 3 aliphatic heterocycles. The molecule has 3 amide bonds. The monoisotopic (exact) mass is 1210 g/mol. The molecular weight excluding hydrogens is 1140 g/mol. The molecule has 1 aromatic heterocycles. The molecule has 0 spiro atoms. The minimum absolute atomic E-state index is 0.0370. The smallest absolute Gasteiger partial charge is 0.380 e. The maximum absolute atomic E-state index is 15.3. The number of benzene rings is 4. The number of amides is 3. The largest absolute Gasteiger partial charge is 0.501 e. The normalized spacial score (nSPS) is 19.2. The van der Waals surface area contributed by atoms with Crippen LogP contribution in [0.15, 0.2) is 130 Å². The van der Waals surface area contributed by atoms with Crippen molar-refractivity contribution in [2.45, 2.75) is 91.2 Å². The van der Waals surface area contributed by atoms with Crippen molar-refractivity contribution >= 4 is 83.7 Å². The van der Waals surface area contributed by atoms with Crippen LogP contribution in [0.2, 0.25) is 5.02 Å². The molecule has 2 atom stereocenters. The van der Waals surface area contributed by atoms with Crippen LogP contribution in [0.3, 0.4) is 0 Å². The lowest BCUT2D eigenvalue weighted by atomic mass is 9.73. The number of piperidine rings is 1. The van der Waals surface area contributed by atoms with E-state index in [-0.39, 0.29) is 53.4 Å². The number of nitrogens with zero attached hydrogens (tertiary/aromatic N) is 5. The summed E-state index contributed by atoms with van der Waals surface area (Å²) in [7, 11) is -11.1. The number of hydrogen-bond donors (Lipinski definition) is 4. The SMILES string of the molecule is CC1(C)CCC(c2ccc(Cl)cc2)=C(CN2CCN(c3ccc(C(=O)NS(=O)(=O)c4ccc(N[C@H](CCN5CCN(Cc6c(F)ccnc6NC6CCC(=O)NC6=O)CC5)CSc5ccccc5)c(S(=O)(=O)C(F)(F)F)c4)cc3)CC2)C1. The number of pyridine rings is 1. The van der Waals surface area contributed by atoms with Crippen molar-refractivity contribution in [2.75, 3.05) is 86.7 Å². The number of nitrogens with one attached hydrogen (secondary N) is 4. The number of piperazine rings is 2. The van der Waals surface area contributed by atoms with Crippen molar-refractivity contribution in [1.82, 2.24) is 29.7 Å². The van der Waals surface area contributed by atoms with Gasteiger partial charge in [0, 0.05) is 123 Å². The molecule has 4 heterocycles. The molecule has 5 aromatic rings. The van der Waals surface area contributed by atoms with E-state index in [0.717, 1.165) is 61.6 Å². The standard InChI is InChI=1S/C58H66ClF4N9O7S3/c1-57(2)23-20-47(39-8-12-42(59)13-9-39)41(35-57)36-70-30-32-72(33-31-70)44-14-10-40(11-15-44)55(74)68-82(78,79)46-16-17-50(52(34-46)81(76,77)58(61,62)63)65-43(38-80-45-6-4-3-5-7-45)22-25-69-26-28-71(29-27-69)37-48-49(60)21-24-64-54(48)66-51-18-19-53(73)67-56(51)75/h3-17,21,24,34,43,51,65H,18-20,22-23,25-33,35-38H2,1-2H3,(H,64,66)(H,68,74)(H,67,73,75)/t43-,51?/m1/s1. The number of sulfone groups is 1. The second-order valence-electron chi connectivity index (χ2n) is 21.9. The lowest BCUT2D eigenvalue weighted by molar-refractivity contribution is -0.133. The Morgan fingerprint density at radius 1 is 0.841 bits per heavy atom. The van der Waals surface area contributed by atoms with E-state index in [2.05, 4.69) is 61.6 Å². The quantitative estimate of drug-likeness (QED) is 0.0327. The van der Waals surface area contributed by atoms with Crippen molar-refractivity contribution in [1.29, 1.82) is 0 Å². The van der Waals surface area contributed by atoms with Crippen molar-refractivity contribution in [3.05, 3.63) is 142 Å². The van der Waals surface area contributed by atoms with Crippen LogP contribution in [0.25, 0.3) is 5.57 Å². The first-order valence-electron chi connectivity index (χ1n) is 27.2. The van der Waals surface area contributed by atoms with E-state index in [4.69, 9.17) is 11.6 Å². The molecule has 0 radical (unpaired) electrons. The minimum atomic E-state index is -6.16. The van der Waals surface area contributed by atoms with Crippen molar-refractivity contribution in [3.8, 4) is 0 Å². The number of alkyl halides is 3. The van der Waals surface area contributed by atoms with Crippen LogP contribution in [-0.2, 0) is 36.0 Å². The summed E-state index contributed by atoms with van der Waals surface area (Å²) >= 11 is 7.60. The summed E-state index contributed by atoms with van der Waals surface area (Å²) in [4.78, 5) is 49.4. The van der Waals surface area contributed by atoms with Gasteiger partial charge >= 0.3 is 5.51 Å². The first-order valence-corrected chi connectivity index (χ1v) is 31.5. The summed E-state index contributed by atoms with van der Waals surface area (Å²) in [6, 6.07) is 25.7. The van der Waals surface area contributed by atoms with Crippen molar-refractivity contribution in [2.24, 2.45) is 5.41 Å². The van der Waals surface area contributed by atoms with E-state index in [9.17, 15) is 44.4 Å². The Hall–Kier alpha value is -6.08. The molecule has 3 fully saturated rings. The van der Waals surface area contributed by atoms with Gasteiger partial charge in [-0.2, -0.15) is 13.2 Å². The van der Waals surface area contributed by atoms with E-state index >= 15 is 4.39 Å². The van der Waals surface area contributed by atoms with Gasteiger partial charge in [0.15, 0.2) is 0 Å². The molecule has 9 rings (SSSR count). The van der Waals surface area contributed by atoms with E-state index in [1.807, 2.05) is 52.1 Å². The molecule has 4 N–H and O–H groups in total. The highest BCUT2D eigenvalue weighted by molar-refractivity contribution is 7.99. The molecular formula is C58H66ClF4N9O7S3. The summed E-state index contributed by atoms with van der Waals surface area (Å²) in [6.45, 7) is 11.1. The van der Waals surface area contributed by atoms with Crippen molar-refractivity contribution < 1.29 is 48.8 Å². The highest BCUT2D eigenvalue weighted by Crippen LogP contribution is 2.43. The first-order chi connectivity index (χ1) is 39.0. The van der Waals surface area contributed by atoms with Gasteiger partial charge in [-0.15, -0.1) is 11.8 Å². The number of allylic oxidation sites excluding steroid dienone is 1. The molecule has 4 aromatic carbocycles. The fourth-order valence-corrected chi connectivity index (χ4v) is 13.9. The third-order valence-electron chi connectivity index (χ3n) is 15.5. The van der Waals surface area contributed by atoms with Gasteiger partial charge in [0.25, 0.3) is 25.8 Å². The summed E-state index contributed by atoms with van der Waals surface area (Å²) in [5.41, 5.74) is -1.04. The van der Waals surface area contributed by atoms with E-state index in [0.29, 0.717) is 63.3 Å². The van der Waals surface area contributed by atoms with Gasteiger partial charge in [-0.3, -0.25) is 29.5 Å². The lowest BCUT2D eigenvalue weighted by Gasteiger charge is -2.39. The molecule has 438 valence electrons. The van der Waals surface area contributed by atoms with Crippen LogP contribution in [0.1, 0.15) is 73.9 Å². The summed E-state index contributed by atoms with van der Waals surface area (Å²) in [5, 5.41) is 8.98. The number of carbonyl (C=O) groups is 3. The molecule has 82 heavy (non-hydrogen) atoms. The zero-order valence-corrected chi connectivity index (χ0v) is 48.7. The van der Waals surface area contributed by atoms with Crippen LogP contribution in [0, 0.1) is 11.2 Å². The number of imide groups is 1. The van der Waals surface area contributed by atoms with Gasteiger partial charge in [-0.1, -0.05) is 61.4 Å². The predicted molar refractivity (Wildman–Crippen MR) is 310 cm³/mol. The molecule has 0 saturated carbocycles. The number of aromatic nitrogens is 1. The second kappa shape index (κ2) is 25.8. The predicted octanol–water partition coefficient (Wildman–Crippen LogP) is 9.07. The number of hydrogen-bond acceptors (Lipinski definition) is 15. The number of anilines is 3. The minimum Gasteiger partial charge on any atom is -0.380 e. The first kappa shape index (κ1) is 60.5. The van der Waals surface area contributed by atoms with Gasteiger partial charge in [0.2, 0.25) is 11.8 Å². The average Bonchev–Trinajstić information content (AvgIpc) is 2.90. The van der Waals surface area contributed by atoms with Gasteiger partial charge < -0.3 is 20.4 Å². The van der Waals surface area contributed by atoms with E-state index in [1.54, 1.807) is 12.1 Å². The number of carbonyl (C=O) groups excluding carboxylic acids is 3. The molecule has 24 heteroatoms. The topological polar surface area (TPSA) is 193 Å². The third-order valence-corrected chi connectivity index (χ3v) is 19.8. The Bertz CT molecular complexity index is 3380. The van der Waals surface area contributed by atoms with Gasteiger partial charge in [-0.25, -0.2) is 30.9 Å². The molecule has 16 nitrogen and oxygen atoms in total. The number of sulfonamides is 1. The maximum atomic E-state index is 15.3. The van der Waals surface area contributed by atoms with Gasteiger partial charge in [-0.05, 0) is 121 Å². The fourth-order valence-electron chi connectivity index (χ4n) is 10.8. The molecule has 1 unspecified atom stereocenters. The third kappa shape index (κ3) is 15.2. The van der Waals surface area contributed by atoms with Crippen LogP contribution in [-0.4, -0.2) is 143 Å². The lowest BCUT2D eigenvalue weighted by Crippen LogP contribution is -2.48. The van der Waals surface area contributed by atoms with Gasteiger partial charge in [0.1, 0.15) is 22.6 Å². The van der Waals surface area contributed by atoms with Gasteiger partial charge in [0.05, 0.1) is 10.6 Å². The maximum Gasteiger partial charge on any atom is 0.501 e. The Balaban J connectivity index is 0.837. The molecule has 0 bridgehead atoms.